The summed E-state index contributed by atoms with van der Waals surface area (Å²) in [4.78, 5) is 34.9. The summed E-state index contributed by atoms with van der Waals surface area (Å²) in [5, 5.41) is -0.441. The van der Waals surface area contributed by atoms with Crippen molar-refractivity contribution in [3.63, 3.8) is 0 Å². The minimum atomic E-state index is -4.07. The highest BCUT2D eigenvalue weighted by atomic mass is 32.2. The summed E-state index contributed by atoms with van der Waals surface area (Å²) >= 11 is 0. The highest BCUT2D eigenvalue weighted by Gasteiger charge is 2.25. The summed E-state index contributed by atoms with van der Waals surface area (Å²) in [7, 11) is -2.38. The fourth-order valence-electron chi connectivity index (χ4n) is 5.68. The van der Waals surface area contributed by atoms with Gasteiger partial charge in [-0.25, -0.2) is 27.2 Å². The lowest BCUT2D eigenvalue weighted by molar-refractivity contribution is -0.117. The number of anilines is 1. The van der Waals surface area contributed by atoms with E-state index in [0.717, 1.165) is 22.9 Å². The maximum absolute atomic E-state index is 15.0. The van der Waals surface area contributed by atoms with Gasteiger partial charge in [0.15, 0.2) is 5.82 Å². The van der Waals surface area contributed by atoms with Crippen LogP contribution in [-0.4, -0.2) is 41.7 Å². The molecule has 1 aliphatic heterocycles. The predicted octanol–water partition coefficient (Wildman–Crippen LogP) is 5.58. The van der Waals surface area contributed by atoms with Crippen LogP contribution < -0.4 is 10.5 Å². The fraction of sp³-hybridized carbons (Fsp3) is 0.222. The number of benzene rings is 3. The van der Waals surface area contributed by atoms with Crippen LogP contribution in [0.5, 0.6) is 0 Å². The number of hydrogen-bond acceptors (Lipinski definition) is 7. The summed E-state index contributed by atoms with van der Waals surface area (Å²) in [6, 6.07) is 23.2. The average Bonchev–Trinajstić information content (AvgIpc) is 3.35. The van der Waals surface area contributed by atoms with Crippen LogP contribution in [-0.2, 0) is 38.9 Å². The molecule has 12 heteroatoms. The molecule has 0 bridgehead atoms. The number of rotatable bonds is 11. The molecule has 1 aliphatic rings. The van der Waals surface area contributed by atoms with E-state index in [1.54, 1.807) is 49.2 Å². The topological polar surface area (TPSA) is 111 Å². The molecule has 0 aliphatic carbocycles. The van der Waals surface area contributed by atoms with Crippen molar-refractivity contribution >= 4 is 21.4 Å². The second-order valence-corrected chi connectivity index (χ2v) is 13.7. The summed E-state index contributed by atoms with van der Waals surface area (Å²) in [5.74, 6) is -1.86. The Morgan fingerprint density at radius 1 is 0.917 bits per heavy atom. The van der Waals surface area contributed by atoms with Crippen molar-refractivity contribution in [1.82, 2.24) is 14.5 Å². The molecule has 0 spiro atoms. The SMILES string of the molecule is Cc1cc(-c2cc(F)c(=O)n(Cc3ccc4c(c3)CC(=O)N4C)c2)nc(S(=O)(=O)CCC(OCc2ccccc2F)c2ccccc2)n1. The molecule has 3 heterocycles. The van der Waals surface area contributed by atoms with Gasteiger partial charge in [0.2, 0.25) is 20.9 Å². The van der Waals surface area contributed by atoms with Gasteiger partial charge in [-0.15, -0.1) is 0 Å². The van der Waals surface area contributed by atoms with Gasteiger partial charge < -0.3 is 14.2 Å². The molecule has 0 fully saturated rings. The van der Waals surface area contributed by atoms with Gasteiger partial charge in [-0.1, -0.05) is 60.7 Å². The lowest BCUT2D eigenvalue weighted by atomic mass is 10.1. The van der Waals surface area contributed by atoms with E-state index < -0.39 is 38.3 Å². The summed E-state index contributed by atoms with van der Waals surface area (Å²) in [6.45, 7) is 1.57. The zero-order valence-corrected chi connectivity index (χ0v) is 27.1. The van der Waals surface area contributed by atoms with E-state index in [0.29, 0.717) is 16.8 Å². The minimum Gasteiger partial charge on any atom is -0.369 e. The molecule has 1 atom stereocenters. The van der Waals surface area contributed by atoms with Gasteiger partial charge in [0, 0.05) is 35.8 Å². The monoisotopic (exact) mass is 670 g/mol. The lowest BCUT2D eigenvalue weighted by Crippen LogP contribution is -2.23. The first-order chi connectivity index (χ1) is 23.0. The van der Waals surface area contributed by atoms with Gasteiger partial charge in [0.1, 0.15) is 5.82 Å². The Morgan fingerprint density at radius 3 is 2.44 bits per heavy atom. The lowest BCUT2D eigenvalue weighted by Gasteiger charge is -2.19. The van der Waals surface area contributed by atoms with Crippen LogP contribution in [0.2, 0.25) is 0 Å². The van der Waals surface area contributed by atoms with E-state index in [1.165, 1.54) is 22.9 Å². The number of nitrogens with zero attached hydrogens (tertiary/aromatic N) is 4. The van der Waals surface area contributed by atoms with Gasteiger partial charge in [0.25, 0.3) is 5.56 Å². The van der Waals surface area contributed by atoms with Gasteiger partial charge in [-0.2, -0.15) is 0 Å². The number of likely N-dealkylation sites (N-methyl/N-ethyl adjacent to an activating group) is 1. The van der Waals surface area contributed by atoms with Crippen molar-refractivity contribution in [2.75, 3.05) is 17.7 Å². The van der Waals surface area contributed by atoms with Crippen LogP contribution in [0.25, 0.3) is 11.3 Å². The molecule has 1 unspecified atom stereocenters. The van der Waals surface area contributed by atoms with E-state index in [9.17, 15) is 26.8 Å². The first kappa shape index (κ1) is 32.9. The van der Waals surface area contributed by atoms with Gasteiger partial charge in [0.05, 0.1) is 37.1 Å². The molecular formula is C36H32F2N4O5S. The molecule has 2 aromatic heterocycles. The van der Waals surface area contributed by atoms with Crippen LogP contribution >= 0.6 is 0 Å². The molecule has 1 amide bonds. The van der Waals surface area contributed by atoms with Crippen molar-refractivity contribution in [1.29, 1.82) is 0 Å². The standard InChI is InChI=1S/C36H32F2N4O5S/c1-23-16-31(28-18-30(38)35(44)42(21-28)20-24-12-13-32-27(17-24)19-34(43)41(32)2)40-36(39-23)48(45,46)15-14-33(25-8-4-3-5-9-25)47-22-26-10-6-7-11-29(26)37/h3-13,16-18,21,33H,14-15,19-20,22H2,1-2H3. The maximum atomic E-state index is 15.0. The molecule has 5 aromatic rings. The number of pyridine rings is 1. The Hall–Kier alpha value is -5.07. The van der Waals surface area contributed by atoms with Crippen molar-refractivity contribution in [3.8, 4) is 11.3 Å². The third kappa shape index (κ3) is 7.09. The van der Waals surface area contributed by atoms with E-state index in [4.69, 9.17) is 4.74 Å². The number of fused-ring (bicyclic) bond motifs is 1. The third-order valence-corrected chi connectivity index (χ3v) is 9.75. The molecule has 0 N–H and O–H groups in total. The van der Waals surface area contributed by atoms with Gasteiger partial charge in [-0.3, -0.25) is 9.59 Å². The molecule has 0 saturated carbocycles. The molecular weight excluding hydrogens is 638 g/mol. The zero-order chi connectivity index (χ0) is 34.0. The highest BCUT2D eigenvalue weighted by molar-refractivity contribution is 7.91. The van der Waals surface area contributed by atoms with E-state index >= 15 is 0 Å². The summed E-state index contributed by atoms with van der Waals surface area (Å²) < 4.78 is 63.7. The highest BCUT2D eigenvalue weighted by Crippen LogP contribution is 2.29. The number of sulfone groups is 1. The van der Waals surface area contributed by atoms with Gasteiger partial charge >= 0.3 is 0 Å². The Bertz CT molecular complexity index is 2170. The van der Waals surface area contributed by atoms with Crippen LogP contribution in [0.4, 0.5) is 14.5 Å². The number of carbonyl (C=O) groups is 1. The minimum absolute atomic E-state index is 0.0256. The Balaban J connectivity index is 1.24. The maximum Gasteiger partial charge on any atom is 0.286 e. The Morgan fingerprint density at radius 2 is 1.67 bits per heavy atom. The molecule has 0 saturated heterocycles. The van der Waals surface area contributed by atoms with Crippen molar-refractivity contribution in [3.05, 3.63) is 141 Å². The summed E-state index contributed by atoms with van der Waals surface area (Å²) in [5.41, 5.74) is 3.18. The van der Waals surface area contributed by atoms with Crippen LogP contribution in [0.3, 0.4) is 0 Å². The predicted molar refractivity (Wildman–Crippen MR) is 176 cm³/mol. The quantitative estimate of drug-likeness (QED) is 0.169. The largest absolute Gasteiger partial charge is 0.369 e. The molecule has 246 valence electrons. The van der Waals surface area contributed by atoms with Crippen molar-refractivity contribution in [2.24, 2.45) is 0 Å². The zero-order valence-electron chi connectivity index (χ0n) is 26.3. The number of ether oxygens (including phenoxy) is 1. The number of carbonyl (C=O) groups excluding carboxylic acids is 1. The fourth-order valence-corrected chi connectivity index (χ4v) is 6.90. The second kappa shape index (κ2) is 13.6. The second-order valence-electron chi connectivity index (χ2n) is 11.7. The third-order valence-electron chi connectivity index (χ3n) is 8.24. The number of aromatic nitrogens is 3. The van der Waals surface area contributed by atoms with E-state index in [1.807, 2.05) is 36.4 Å². The normalized spacial score (nSPS) is 13.5. The Kier molecular flexibility index (Phi) is 9.29. The van der Waals surface area contributed by atoms with E-state index in [-0.39, 0.29) is 48.9 Å². The van der Waals surface area contributed by atoms with E-state index in [2.05, 4.69) is 9.97 Å². The van der Waals surface area contributed by atoms with Crippen molar-refractivity contribution < 1.29 is 26.7 Å². The van der Waals surface area contributed by atoms with Crippen LogP contribution in [0.15, 0.2) is 101 Å². The van der Waals surface area contributed by atoms with Crippen LogP contribution in [0.1, 0.15) is 40.5 Å². The number of aryl methyl sites for hydroxylation is 1. The van der Waals surface area contributed by atoms with Crippen LogP contribution in [0, 0.1) is 18.6 Å². The van der Waals surface area contributed by atoms with Crippen molar-refractivity contribution in [2.45, 2.75) is 44.2 Å². The Labute approximate surface area is 276 Å². The number of amides is 1. The molecule has 0 radical (unpaired) electrons. The first-order valence-corrected chi connectivity index (χ1v) is 16.9. The van der Waals surface area contributed by atoms with Gasteiger partial charge in [-0.05, 0) is 54.3 Å². The molecule has 6 rings (SSSR count). The molecule has 9 nitrogen and oxygen atoms in total. The summed E-state index contributed by atoms with van der Waals surface area (Å²) in [6.07, 6.45) is 1.04. The number of hydrogen-bond donors (Lipinski definition) is 0. The average molecular weight is 671 g/mol. The molecule has 48 heavy (non-hydrogen) atoms. The smallest absolute Gasteiger partial charge is 0.286 e. The number of halogens is 2. The molecule has 3 aromatic carbocycles. The first-order valence-electron chi connectivity index (χ1n) is 15.3.